The minimum atomic E-state index is -0.369. The van der Waals surface area contributed by atoms with E-state index in [9.17, 15) is 9.59 Å². The molecule has 2 amide bonds. The summed E-state index contributed by atoms with van der Waals surface area (Å²) in [5.41, 5.74) is 4.21. The molecule has 0 aliphatic carbocycles. The molecule has 33 heavy (non-hydrogen) atoms. The van der Waals surface area contributed by atoms with Crippen LogP contribution in [0, 0.1) is 13.8 Å². The van der Waals surface area contributed by atoms with Crippen molar-refractivity contribution in [1.29, 1.82) is 0 Å². The van der Waals surface area contributed by atoms with Gasteiger partial charge in [0.1, 0.15) is 5.75 Å². The van der Waals surface area contributed by atoms with Gasteiger partial charge >= 0.3 is 0 Å². The van der Waals surface area contributed by atoms with Crippen LogP contribution in [0.3, 0.4) is 0 Å². The summed E-state index contributed by atoms with van der Waals surface area (Å²) >= 11 is 0. The summed E-state index contributed by atoms with van der Waals surface area (Å²) < 4.78 is 5.13. The highest BCUT2D eigenvalue weighted by atomic mass is 16.5. The molecule has 170 valence electrons. The average molecular weight is 446 g/mol. The number of hydrogen-bond donors (Lipinski definition) is 1. The number of anilines is 2. The highest BCUT2D eigenvalue weighted by Gasteiger charge is 2.26. The Morgan fingerprint density at radius 1 is 0.939 bits per heavy atom. The first-order valence-corrected chi connectivity index (χ1v) is 10.8. The monoisotopic (exact) mass is 445 g/mol. The number of benzene rings is 2. The van der Waals surface area contributed by atoms with Gasteiger partial charge in [-0.1, -0.05) is 12.1 Å². The van der Waals surface area contributed by atoms with Crippen molar-refractivity contribution in [2.75, 3.05) is 43.5 Å². The van der Waals surface area contributed by atoms with E-state index < -0.39 is 0 Å². The molecule has 8 nitrogen and oxygen atoms in total. The van der Waals surface area contributed by atoms with E-state index in [0.29, 0.717) is 24.4 Å². The van der Waals surface area contributed by atoms with Crippen molar-refractivity contribution in [1.82, 2.24) is 14.9 Å². The molecule has 1 aliphatic heterocycles. The Bertz CT molecular complexity index is 1150. The second-order valence-corrected chi connectivity index (χ2v) is 8.01. The van der Waals surface area contributed by atoms with E-state index in [-0.39, 0.29) is 23.3 Å². The fourth-order valence-electron chi connectivity index (χ4n) is 3.87. The van der Waals surface area contributed by atoms with Gasteiger partial charge in [0, 0.05) is 49.8 Å². The fraction of sp³-hybridized carbons (Fsp3) is 0.280. The maximum absolute atomic E-state index is 13.2. The molecule has 3 aromatic rings. The van der Waals surface area contributed by atoms with Crippen LogP contribution in [0.5, 0.6) is 5.75 Å². The molecular formula is C25H27N5O3. The Balaban J connectivity index is 1.45. The lowest BCUT2D eigenvalue weighted by Gasteiger charge is -2.37. The molecule has 2 aromatic carbocycles. The minimum Gasteiger partial charge on any atom is -0.497 e. The quantitative estimate of drug-likeness (QED) is 0.648. The van der Waals surface area contributed by atoms with Gasteiger partial charge in [-0.05, 0) is 55.3 Å². The molecule has 1 saturated heterocycles. The second-order valence-electron chi connectivity index (χ2n) is 8.01. The zero-order valence-corrected chi connectivity index (χ0v) is 19.0. The molecule has 0 saturated carbocycles. The largest absolute Gasteiger partial charge is 0.497 e. The predicted molar refractivity (Wildman–Crippen MR) is 127 cm³/mol. The van der Waals surface area contributed by atoms with Crippen molar-refractivity contribution < 1.29 is 14.3 Å². The molecule has 1 N–H and O–H groups in total. The third-order valence-electron chi connectivity index (χ3n) is 5.76. The molecule has 1 aliphatic rings. The van der Waals surface area contributed by atoms with Crippen LogP contribution < -0.4 is 15.0 Å². The number of piperazine rings is 1. The van der Waals surface area contributed by atoms with Crippen LogP contribution in [0.15, 0.2) is 54.9 Å². The lowest BCUT2D eigenvalue weighted by atomic mass is 10.1. The maximum Gasteiger partial charge on any atom is 0.276 e. The Labute approximate surface area is 193 Å². The number of aryl methyl sites for hydroxylation is 2. The summed E-state index contributed by atoms with van der Waals surface area (Å²) in [5.74, 6) is 0.197. The van der Waals surface area contributed by atoms with Gasteiger partial charge in [0.15, 0.2) is 11.5 Å². The first-order valence-electron chi connectivity index (χ1n) is 10.8. The topological polar surface area (TPSA) is 87.7 Å². The summed E-state index contributed by atoms with van der Waals surface area (Å²) in [6.07, 6.45) is 2.92. The van der Waals surface area contributed by atoms with E-state index in [0.717, 1.165) is 13.1 Å². The van der Waals surface area contributed by atoms with E-state index in [1.165, 1.54) is 29.2 Å². The molecular weight excluding hydrogens is 418 g/mol. The highest BCUT2D eigenvalue weighted by molar-refractivity contribution is 6.07. The molecule has 2 heterocycles. The minimum absolute atomic E-state index is 0.138. The zero-order chi connectivity index (χ0) is 23.4. The van der Waals surface area contributed by atoms with Crippen molar-refractivity contribution in [3.8, 4) is 5.75 Å². The standard InChI is InChI=1S/C25H27N5O3/c1-17-4-5-18(2)21(16-17)29-12-14-30(15-13-29)25(32)22-23(27-11-10-26-22)28-24(31)19-6-8-20(33-3)9-7-19/h4-11,16H,12-15H2,1-3H3,(H,27,28,31). The average Bonchev–Trinajstić information content (AvgIpc) is 2.85. The number of aromatic nitrogens is 2. The van der Waals surface area contributed by atoms with Gasteiger partial charge in [-0.15, -0.1) is 0 Å². The molecule has 0 spiro atoms. The fourth-order valence-corrected chi connectivity index (χ4v) is 3.87. The molecule has 8 heteroatoms. The van der Waals surface area contributed by atoms with E-state index in [2.05, 4.69) is 52.2 Å². The van der Waals surface area contributed by atoms with Gasteiger partial charge in [0.25, 0.3) is 11.8 Å². The van der Waals surface area contributed by atoms with E-state index in [1.54, 1.807) is 36.3 Å². The molecule has 0 atom stereocenters. The lowest BCUT2D eigenvalue weighted by molar-refractivity contribution is 0.0741. The molecule has 0 radical (unpaired) electrons. The molecule has 1 fully saturated rings. The van der Waals surface area contributed by atoms with Crippen LogP contribution in [-0.2, 0) is 0 Å². The number of methoxy groups -OCH3 is 1. The number of nitrogens with one attached hydrogen (secondary N) is 1. The Hall–Kier alpha value is -3.94. The molecule has 0 bridgehead atoms. The van der Waals surface area contributed by atoms with Gasteiger partial charge < -0.3 is 19.9 Å². The van der Waals surface area contributed by atoms with Gasteiger partial charge in [0.2, 0.25) is 0 Å². The highest BCUT2D eigenvalue weighted by Crippen LogP contribution is 2.24. The van der Waals surface area contributed by atoms with Crippen LogP contribution in [0.2, 0.25) is 0 Å². The van der Waals surface area contributed by atoms with Crippen molar-refractivity contribution >= 4 is 23.3 Å². The number of ether oxygens (including phenoxy) is 1. The number of carbonyl (C=O) groups is 2. The van der Waals surface area contributed by atoms with Gasteiger partial charge in [0.05, 0.1) is 7.11 Å². The third-order valence-corrected chi connectivity index (χ3v) is 5.76. The number of hydrogen-bond acceptors (Lipinski definition) is 6. The Morgan fingerprint density at radius 2 is 1.64 bits per heavy atom. The van der Waals surface area contributed by atoms with Crippen LogP contribution in [0.1, 0.15) is 32.0 Å². The first kappa shape index (κ1) is 22.3. The molecule has 1 aromatic heterocycles. The van der Waals surface area contributed by atoms with E-state index in [1.807, 2.05) is 0 Å². The van der Waals surface area contributed by atoms with E-state index in [4.69, 9.17) is 4.74 Å². The number of rotatable bonds is 5. The van der Waals surface area contributed by atoms with Gasteiger partial charge in [-0.3, -0.25) is 9.59 Å². The lowest BCUT2D eigenvalue weighted by Crippen LogP contribution is -2.49. The summed E-state index contributed by atoms with van der Waals surface area (Å²) in [5, 5.41) is 2.72. The van der Waals surface area contributed by atoms with Crippen molar-refractivity contribution in [3.05, 3.63) is 77.2 Å². The second kappa shape index (κ2) is 9.68. The maximum atomic E-state index is 13.2. The third kappa shape index (κ3) is 4.95. The summed E-state index contributed by atoms with van der Waals surface area (Å²) in [6, 6.07) is 13.1. The predicted octanol–water partition coefficient (Wildman–Crippen LogP) is 3.32. The Morgan fingerprint density at radius 3 is 2.33 bits per heavy atom. The van der Waals surface area contributed by atoms with Crippen LogP contribution >= 0.6 is 0 Å². The number of nitrogens with zero attached hydrogens (tertiary/aromatic N) is 4. The van der Waals surface area contributed by atoms with Crippen LogP contribution in [0.4, 0.5) is 11.5 Å². The zero-order valence-electron chi connectivity index (χ0n) is 19.0. The number of amides is 2. The summed E-state index contributed by atoms with van der Waals surface area (Å²) in [4.78, 5) is 38.4. The first-order chi connectivity index (χ1) is 16.0. The van der Waals surface area contributed by atoms with Crippen molar-refractivity contribution in [2.24, 2.45) is 0 Å². The van der Waals surface area contributed by atoms with Crippen LogP contribution in [-0.4, -0.2) is 60.0 Å². The Kier molecular flexibility index (Phi) is 6.53. The summed E-state index contributed by atoms with van der Waals surface area (Å²) in [6.45, 7) is 6.76. The summed E-state index contributed by atoms with van der Waals surface area (Å²) in [7, 11) is 1.56. The number of carbonyl (C=O) groups excluding carboxylic acids is 2. The van der Waals surface area contributed by atoms with Crippen LogP contribution in [0.25, 0.3) is 0 Å². The molecule has 0 unspecified atom stereocenters. The SMILES string of the molecule is COc1ccc(C(=O)Nc2nccnc2C(=O)N2CCN(c3cc(C)ccc3C)CC2)cc1. The smallest absolute Gasteiger partial charge is 0.276 e. The van der Waals surface area contributed by atoms with Gasteiger partial charge in [-0.25, -0.2) is 9.97 Å². The van der Waals surface area contributed by atoms with Crippen molar-refractivity contribution in [2.45, 2.75) is 13.8 Å². The van der Waals surface area contributed by atoms with Gasteiger partial charge in [-0.2, -0.15) is 0 Å². The molecule has 4 rings (SSSR count). The normalized spacial score (nSPS) is 13.5. The van der Waals surface area contributed by atoms with E-state index >= 15 is 0 Å². The van der Waals surface area contributed by atoms with Crippen molar-refractivity contribution in [3.63, 3.8) is 0 Å².